The summed E-state index contributed by atoms with van der Waals surface area (Å²) in [6.45, 7) is 2.07. The molecule has 0 spiro atoms. The number of benzene rings is 6. The number of nitriles is 1. The summed E-state index contributed by atoms with van der Waals surface area (Å²) in [6, 6.07) is 48.8. The molecule has 8 aromatic rings. The fourth-order valence-corrected chi connectivity index (χ4v) is 5.98. The maximum absolute atomic E-state index is 9.40. The van der Waals surface area contributed by atoms with E-state index in [1.54, 1.807) is 0 Å². The first-order valence-electron chi connectivity index (χ1n) is 15.1. The fraction of sp³-hybridized carbons (Fsp3) is 0.0244. The van der Waals surface area contributed by atoms with E-state index in [4.69, 9.17) is 19.4 Å². The van der Waals surface area contributed by atoms with Crippen molar-refractivity contribution in [2.24, 2.45) is 0 Å². The SMILES string of the molecule is Cc1cccc(-c2nc(-c3ccccc3)nc(-c3c(-c4ccc(-c5cccc(C#N)c5)cc4)ccc4c3oc3ccccc34)n2)c1. The van der Waals surface area contributed by atoms with Gasteiger partial charge in [-0.05, 0) is 59.5 Å². The predicted octanol–water partition coefficient (Wildman–Crippen LogP) is 10.3. The second-order valence-electron chi connectivity index (χ2n) is 11.3. The van der Waals surface area contributed by atoms with Gasteiger partial charge in [0.1, 0.15) is 11.2 Å². The Kier molecular flexibility index (Phi) is 6.67. The summed E-state index contributed by atoms with van der Waals surface area (Å²) in [7, 11) is 0. The van der Waals surface area contributed by atoms with Gasteiger partial charge in [0.25, 0.3) is 0 Å². The van der Waals surface area contributed by atoms with Gasteiger partial charge in [0.15, 0.2) is 17.5 Å². The molecule has 5 heteroatoms. The molecule has 0 N–H and O–H groups in total. The van der Waals surface area contributed by atoms with Crippen molar-refractivity contribution in [3.05, 3.63) is 151 Å². The largest absolute Gasteiger partial charge is 0.455 e. The lowest BCUT2D eigenvalue weighted by atomic mass is 9.94. The second-order valence-corrected chi connectivity index (χ2v) is 11.3. The number of aryl methyl sites for hydroxylation is 1. The minimum atomic E-state index is 0.538. The molecule has 0 unspecified atom stereocenters. The lowest BCUT2D eigenvalue weighted by Crippen LogP contribution is -2.01. The van der Waals surface area contributed by atoms with E-state index < -0.39 is 0 Å². The van der Waals surface area contributed by atoms with E-state index in [1.807, 2.05) is 84.9 Å². The number of fused-ring (bicyclic) bond motifs is 3. The molecule has 8 rings (SSSR count). The first-order chi connectivity index (χ1) is 22.6. The van der Waals surface area contributed by atoms with Crippen molar-refractivity contribution in [2.75, 3.05) is 0 Å². The van der Waals surface area contributed by atoms with E-state index >= 15 is 0 Å². The zero-order valence-corrected chi connectivity index (χ0v) is 25.0. The van der Waals surface area contributed by atoms with Crippen molar-refractivity contribution in [1.82, 2.24) is 15.0 Å². The number of hydrogen-bond acceptors (Lipinski definition) is 5. The van der Waals surface area contributed by atoms with Crippen LogP contribution in [0.15, 0.2) is 144 Å². The molecule has 0 saturated carbocycles. The zero-order valence-electron chi connectivity index (χ0n) is 25.0. The highest BCUT2D eigenvalue weighted by molar-refractivity contribution is 6.12. The Labute approximate surface area is 266 Å². The highest BCUT2D eigenvalue weighted by Crippen LogP contribution is 2.42. The summed E-state index contributed by atoms with van der Waals surface area (Å²) in [4.78, 5) is 15.2. The lowest BCUT2D eigenvalue weighted by Gasteiger charge is -2.13. The van der Waals surface area contributed by atoms with Gasteiger partial charge in [-0.2, -0.15) is 5.26 Å². The van der Waals surface area contributed by atoms with Gasteiger partial charge in [-0.1, -0.05) is 115 Å². The van der Waals surface area contributed by atoms with Crippen LogP contribution >= 0.6 is 0 Å². The van der Waals surface area contributed by atoms with Crippen LogP contribution in [0, 0.1) is 18.3 Å². The number of rotatable bonds is 5. The first-order valence-corrected chi connectivity index (χ1v) is 15.1. The zero-order chi connectivity index (χ0) is 31.0. The third-order valence-corrected chi connectivity index (χ3v) is 8.24. The molecule has 5 nitrogen and oxygen atoms in total. The summed E-state index contributed by atoms with van der Waals surface area (Å²) < 4.78 is 6.60. The van der Waals surface area contributed by atoms with Crippen LogP contribution in [0.2, 0.25) is 0 Å². The highest BCUT2D eigenvalue weighted by atomic mass is 16.3. The van der Waals surface area contributed by atoms with Gasteiger partial charge in [-0.25, -0.2) is 15.0 Å². The Morgan fingerprint density at radius 2 is 1.20 bits per heavy atom. The molecule has 0 fully saturated rings. The van der Waals surface area contributed by atoms with Crippen LogP contribution in [-0.2, 0) is 0 Å². The molecule has 0 bridgehead atoms. The molecule has 46 heavy (non-hydrogen) atoms. The van der Waals surface area contributed by atoms with Gasteiger partial charge in [0, 0.05) is 21.9 Å². The lowest BCUT2D eigenvalue weighted by molar-refractivity contribution is 0.669. The molecule has 216 valence electrons. The van der Waals surface area contributed by atoms with E-state index in [-0.39, 0.29) is 0 Å². The third kappa shape index (κ3) is 4.89. The number of hydrogen-bond donors (Lipinski definition) is 0. The standard InChI is InChI=1S/C41H26N4O/c1-26-9-7-14-32(23-26)40-43-39(30-11-3-2-4-12-30)44-41(45-40)37-33(21-22-35-34-15-5-6-16-36(34)46-38(35)37)29-19-17-28(18-20-29)31-13-8-10-27(24-31)25-42/h2-24H,1H3. The number of para-hydroxylation sites is 1. The molecule has 0 aliphatic rings. The van der Waals surface area contributed by atoms with Crippen LogP contribution in [0.1, 0.15) is 11.1 Å². The van der Waals surface area contributed by atoms with E-state index in [1.165, 1.54) is 0 Å². The summed E-state index contributed by atoms with van der Waals surface area (Å²) >= 11 is 0. The third-order valence-electron chi connectivity index (χ3n) is 8.24. The Morgan fingerprint density at radius 1 is 0.522 bits per heavy atom. The van der Waals surface area contributed by atoms with Crippen LogP contribution in [0.25, 0.3) is 78.4 Å². The molecule has 6 aromatic carbocycles. The first kappa shape index (κ1) is 27.2. The van der Waals surface area contributed by atoms with Crippen molar-refractivity contribution < 1.29 is 4.42 Å². The molecule has 0 aliphatic heterocycles. The van der Waals surface area contributed by atoms with Crippen LogP contribution < -0.4 is 0 Å². The number of nitrogens with zero attached hydrogens (tertiary/aromatic N) is 4. The normalized spacial score (nSPS) is 11.1. The Bertz CT molecular complexity index is 2440. The van der Waals surface area contributed by atoms with Crippen molar-refractivity contribution >= 4 is 21.9 Å². The van der Waals surface area contributed by atoms with Crippen molar-refractivity contribution in [3.8, 4) is 62.5 Å². The van der Waals surface area contributed by atoms with Crippen molar-refractivity contribution in [1.29, 1.82) is 5.26 Å². The fourth-order valence-electron chi connectivity index (χ4n) is 5.98. The molecule has 0 aliphatic carbocycles. The van der Waals surface area contributed by atoms with Crippen molar-refractivity contribution in [3.63, 3.8) is 0 Å². The molecule has 2 aromatic heterocycles. The quantitative estimate of drug-likeness (QED) is 0.199. The average Bonchev–Trinajstić information content (AvgIpc) is 3.50. The van der Waals surface area contributed by atoms with Crippen LogP contribution in [-0.4, -0.2) is 15.0 Å². The smallest absolute Gasteiger partial charge is 0.168 e. The Balaban J connectivity index is 1.38. The average molecular weight is 591 g/mol. The molecule has 2 heterocycles. The predicted molar refractivity (Wildman–Crippen MR) is 184 cm³/mol. The van der Waals surface area contributed by atoms with Crippen LogP contribution in [0.4, 0.5) is 0 Å². The minimum Gasteiger partial charge on any atom is -0.455 e. The van der Waals surface area contributed by atoms with Crippen LogP contribution in [0.5, 0.6) is 0 Å². The van der Waals surface area contributed by atoms with E-state index in [0.717, 1.165) is 66.4 Å². The van der Waals surface area contributed by atoms with Gasteiger partial charge in [-0.15, -0.1) is 0 Å². The van der Waals surface area contributed by atoms with E-state index in [9.17, 15) is 5.26 Å². The molecule has 0 saturated heterocycles. The van der Waals surface area contributed by atoms with Gasteiger partial charge < -0.3 is 4.42 Å². The van der Waals surface area contributed by atoms with Gasteiger partial charge in [0.05, 0.1) is 17.2 Å². The minimum absolute atomic E-state index is 0.538. The molecular formula is C41H26N4O. The molecule has 0 atom stereocenters. The Morgan fingerprint density at radius 3 is 2.00 bits per heavy atom. The molecule has 0 amide bonds. The molecule has 0 radical (unpaired) electrons. The summed E-state index contributed by atoms with van der Waals surface area (Å²) in [5.74, 6) is 1.73. The van der Waals surface area contributed by atoms with E-state index in [0.29, 0.717) is 23.0 Å². The summed E-state index contributed by atoms with van der Waals surface area (Å²) in [6.07, 6.45) is 0. The van der Waals surface area contributed by atoms with Crippen molar-refractivity contribution in [2.45, 2.75) is 6.92 Å². The number of furan rings is 1. The highest BCUT2D eigenvalue weighted by Gasteiger charge is 2.22. The summed E-state index contributed by atoms with van der Waals surface area (Å²) in [5.41, 5.74) is 9.89. The summed E-state index contributed by atoms with van der Waals surface area (Å²) in [5, 5.41) is 11.4. The van der Waals surface area contributed by atoms with E-state index in [2.05, 4.69) is 67.6 Å². The van der Waals surface area contributed by atoms with Gasteiger partial charge in [-0.3, -0.25) is 0 Å². The van der Waals surface area contributed by atoms with Crippen LogP contribution in [0.3, 0.4) is 0 Å². The monoisotopic (exact) mass is 590 g/mol. The Hall–Kier alpha value is -6.38. The van der Waals surface area contributed by atoms with Gasteiger partial charge in [0.2, 0.25) is 0 Å². The number of aromatic nitrogens is 3. The maximum Gasteiger partial charge on any atom is 0.168 e. The second kappa shape index (κ2) is 11.3. The topological polar surface area (TPSA) is 75.6 Å². The van der Waals surface area contributed by atoms with Gasteiger partial charge >= 0.3 is 0 Å². The maximum atomic E-state index is 9.40. The molecular weight excluding hydrogens is 564 g/mol.